The lowest BCUT2D eigenvalue weighted by molar-refractivity contribution is 0.242. The molecule has 2 aromatic heterocycles. The van der Waals surface area contributed by atoms with E-state index >= 15 is 0 Å². The monoisotopic (exact) mass is 439 g/mol. The van der Waals surface area contributed by atoms with E-state index < -0.39 is 10.0 Å². The number of aromatic nitrogens is 2. The molecular formula is C22H21N3O5S. The fraction of sp³-hybridized carbons (Fsp3) is 0.182. The van der Waals surface area contributed by atoms with Gasteiger partial charge < -0.3 is 13.7 Å². The van der Waals surface area contributed by atoms with Crippen LogP contribution in [0.15, 0.2) is 80.8 Å². The smallest absolute Gasteiger partial charge is 0.261 e. The van der Waals surface area contributed by atoms with Crippen molar-refractivity contribution >= 4 is 15.7 Å². The third-order valence-electron chi connectivity index (χ3n) is 4.32. The molecule has 0 bridgehead atoms. The van der Waals surface area contributed by atoms with Gasteiger partial charge in [0.2, 0.25) is 11.7 Å². The van der Waals surface area contributed by atoms with E-state index in [4.69, 9.17) is 13.7 Å². The Balaban J connectivity index is 1.53. The van der Waals surface area contributed by atoms with Crippen LogP contribution in [-0.2, 0) is 16.4 Å². The summed E-state index contributed by atoms with van der Waals surface area (Å²) in [6, 6.07) is 16.8. The third-order valence-corrected chi connectivity index (χ3v) is 5.70. The van der Waals surface area contributed by atoms with Gasteiger partial charge in [0.1, 0.15) is 5.75 Å². The van der Waals surface area contributed by atoms with Crippen molar-refractivity contribution in [3.63, 3.8) is 0 Å². The molecule has 1 N–H and O–H groups in total. The standard InChI is InChI=1S/C22H21N3O5S/c1-15(2)29-17-9-11-18(12-10-17)31(26,27)25-19-7-4-3-6-16(19)14-21-23-22(24-30-21)20-8-5-13-28-20/h3-13,15,25H,14H2,1-2H3. The van der Waals surface area contributed by atoms with E-state index in [-0.39, 0.29) is 17.4 Å². The molecule has 0 fully saturated rings. The van der Waals surface area contributed by atoms with Gasteiger partial charge in [0.15, 0.2) is 5.76 Å². The molecule has 2 heterocycles. The van der Waals surface area contributed by atoms with Crippen LogP contribution in [0.4, 0.5) is 5.69 Å². The van der Waals surface area contributed by atoms with Crippen LogP contribution >= 0.6 is 0 Å². The second kappa shape index (κ2) is 8.65. The number of ether oxygens (including phenoxy) is 1. The number of sulfonamides is 1. The molecule has 0 aliphatic carbocycles. The molecule has 0 amide bonds. The summed E-state index contributed by atoms with van der Waals surface area (Å²) in [7, 11) is -3.79. The highest BCUT2D eigenvalue weighted by atomic mass is 32.2. The van der Waals surface area contributed by atoms with Crippen molar-refractivity contribution < 1.29 is 22.1 Å². The van der Waals surface area contributed by atoms with E-state index in [0.717, 1.165) is 0 Å². The van der Waals surface area contributed by atoms with Crippen molar-refractivity contribution in [2.45, 2.75) is 31.3 Å². The normalized spacial score (nSPS) is 11.6. The third kappa shape index (κ3) is 4.95. The van der Waals surface area contributed by atoms with Crippen molar-refractivity contribution in [1.29, 1.82) is 0 Å². The van der Waals surface area contributed by atoms with E-state index in [1.165, 1.54) is 18.4 Å². The van der Waals surface area contributed by atoms with Gasteiger partial charge in [-0.3, -0.25) is 4.72 Å². The number of nitrogens with one attached hydrogen (secondary N) is 1. The lowest BCUT2D eigenvalue weighted by atomic mass is 10.1. The Bertz CT molecular complexity index is 1250. The minimum atomic E-state index is -3.79. The van der Waals surface area contributed by atoms with Crippen molar-refractivity contribution in [3.8, 4) is 17.3 Å². The molecule has 160 valence electrons. The summed E-state index contributed by atoms with van der Waals surface area (Å²) in [5, 5.41) is 3.90. The van der Waals surface area contributed by atoms with Gasteiger partial charge in [-0.1, -0.05) is 23.4 Å². The maximum Gasteiger partial charge on any atom is 0.261 e. The molecule has 0 saturated carbocycles. The fourth-order valence-electron chi connectivity index (χ4n) is 2.94. The zero-order valence-electron chi connectivity index (χ0n) is 17.0. The van der Waals surface area contributed by atoms with E-state index in [1.54, 1.807) is 42.5 Å². The predicted molar refractivity (Wildman–Crippen MR) is 114 cm³/mol. The molecule has 4 aromatic rings. The van der Waals surface area contributed by atoms with Crippen molar-refractivity contribution in [3.05, 3.63) is 78.4 Å². The Morgan fingerprint density at radius 3 is 2.52 bits per heavy atom. The maximum atomic E-state index is 12.9. The zero-order valence-corrected chi connectivity index (χ0v) is 17.8. The minimum Gasteiger partial charge on any atom is -0.491 e. The van der Waals surface area contributed by atoms with E-state index in [2.05, 4.69) is 14.9 Å². The highest BCUT2D eigenvalue weighted by molar-refractivity contribution is 7.92. The summed E-state index contributed by atoms with van der Waals surface area (Å²) in [5.41, 5.74) is 1.13. The Labute approximate surface area is 179 Å². The van der Waals surface area contributed by atoms with Gasteiger partial charge in [0, 0.05) is 0 Å². The number of benzene rings is 2. The van der Waals surface area contributed by atoms with E-state index in [9.17, 15) is 8.42 Å². The van der Waals surface area contributed by atoms with Gasteiger partial charge in [0.05, 0.1) is 29.4 Å². The predicted octanol–water partition coefficient (Wildman–Crippen LogP) is 4.51. The van der Waals surface area contributed by atoms with Gasteiger partial charge in [-0.25, -0.2) is 8.42 Å². The van der Waals surface area contributed by atoms with Gasteiger partial charge in [-0.2, -0.15) is 4.98 Å². The number of anilines is 1. The summed E-state index contributed by atoms with van der Waals surface area (Å²) < 4.78 is 44.5. The quantitative estimate of drug-likeness (QED) is 0.430. The average molecular weight is 439 g/mol. The van der Waals surface area contributed by atoms with Crippen LogP contribution in [0.5, 0.6) is 5.75 Å². The first-order chi connectivity index (χ1) is 14.9. The van der Waals surface area contributed by atoms with Crippen LogP contribution in [0, 0.1) is 0 Å². The molecule has 0 aliphatic rings. The summed E-state index contributed by atoms with van der Waals surface area (Å²) in [4.78, 5) is 4.45. The van der Waals surface area contributed by atoms with Crippen LogP contribution in [0.3, 0.4) is 0 Å². The summed E-state index contributed by atoms with van der Waals surface area (Å²) >= 11 is 0. The fourth-order valence-corrected chi connectivity index (χ4v) is 4.04. The highest BCUT2D eigenvalue weighted by Gasteiger charge is 2.18. The van der Waals surface area contributed by atoms with Crippen molar-refractivity contribution in [1.82, 2.24) is 10.1 Å². The van der Waals surface area contributed by atoms with Crippen LogP contribution in [0.25, 0.3) is 11.6 Å². The first-order valence-electron chi connectivity index (χ1n) is 9.64. The van der Waals surface area contributed by atoms with E-state index in [1.807, 2.05) is 19.9 Å². The first kappa shape index (κ1) is 20.7. The van der Waals surface area contributed by atoms with E-state index in [0.29, 0.717) is 34.5 Å². The highest BCUT2D eigenvalue weighted by Crippen LogP contribution is 2.25. The molecule has 9 heteroatoms. The summed E-state index contributed by atoms with van der Waals surface area (Å²) in [5.74, 6) is 1.78. The molecule has 0 atom stereocenters. The number of hydrogen-bond acceptors (Lipinski definition) is 7. The topological polar surface area (TPSA) is 107 Å². The Morgan fingerprint density at radius 2 is 1.81 bits per heavy atom. The van der Waals surface area contributed by atoms with Gasteiger partial charge in [-0.05, 0) is 61.9 Å². The van der Waals surface area contributed by atoms with Crippen LogP contribution < -0.4 is 9.46 Å². The molecule has 2 aromatic carbocycles. The maximum absolute atomic E-state index is 12.9. The second-order valence-corrected chi connectivity index (χ2v) is 8.75. The number of hydrogen-bond donors (Lipinski definition) is 1. The molecule has 0 unspecified atom stereocenters. The lowest BCUT2D eigenvalue weighted by Gasteiger charge is -2.13. The Hall–Kier alpha value is -3.59. The number of nitrogens with zero attached hydrogens (tertiary/aromatic N) is 2. The second-order valence-electron chi connectivity index (χ2n) is 7.07. The molecule has 0 radical (unpaired) electrons. The Morgan fingerprint density at radius 1 is 1.03 bits per heavy atom. The zero-order chi connectivity index (χ0) is 21.8. The van der Waals surface area contributed by atoms with Crippen LogP contribution in [-0.4, -0.2) is 24.7 Å². The summed E-state index contributed by atoms with van der Waals surface area (Å²) in [6.07, 6.45) is 1.79. The molecule has 4 rings (SSSR count). The molecule has 0 saturated heterocycles. The number of furan rings is 1. The largest absolute Gasteiger partial charge is 0.491 e. The molecular weight excluding hydrogens is 418 g/mol. The number of para-hydroxylation sites is 1. The molecule has 0 spiro atoms. The van der Waals surface area contributed by atoms with Gasteiger partial charge in [0.25, 0.3) is 10.0 Å². The molecule has 0 aliphatic heterocycles. The Kier molecular flexibility index (Phi) is 5.77. The average Bonchev–Trinajstić information content (AvgIpc) is 3.41. The van der Waals surface area contributed by atoms with Gasteiger partial charge in [-0.15, -0.1) is 0 Å². The van der Waals surface area contributed by atoms with Crippen molar-refractivity contribution in [2.75, 3.05) is 4.72 Å². The van der Waals surface area contributed by atoms with Gasteiger partial charge >= 0.3 is 0 Å². The molecule has 8 nitrogen and oxygen atoms in total. The number of rotatable bonds is 8. The van der Waals surface area contributed by atoms with Crippen LogP contribution in [0.2, 0.25) is 0 Å². The first-order valence-corrected chi connectivity index (χ1v) is 11.1. The minimum absolute atomic E-state index is 0.00506. The molecule has 31 heavy (non-hydrogen) atoms. The lowest BCUT2D eigenvalue weighted by Crippen LogP contribution is -2.14. The summed E-state index contributed by atoms with van der Waals surface area (Å²) in [6.45, 7) is 3.81. The van der Waals surface area contributed by atoms with Crippen molar-refractivity contribution in [2.24, 2.45) is 0 Å². The SMILES string of the molecule is CC(C)Oc1ccc(S(=O)(=O)Nc2ccccc2Cc2nc(-c3ccco3)no2)cc1. The van der Waals surface area contributed by atoms with Crippen LogP contribution in [0.1, 0.15) is 25.3 Å².